The Balaban J connectivity index is 1.73. The number of halogens is 1. The number of rotatable bonds is 5. The molecule has 0 fully saturated rings. The van der Waals surface area contributed by atoms with Gasteiger partial charge in [-0.05, 0) is 47.4 Å². The lowest BCUT2D eigenvalue weighted by molar-refractivity contribution is -0.117. The molecule has 3 rings (SSSR count). The largest absolute Gasteiger partial charge is 0.486 e. The summed E-state index contributed by atoms with van der Waals surface area (Å²) in [6.07, 6.45) is 3.02. The van der Waals surface area contributed by atoms with Gasteiger partial charge in [-0.1, -0.05) is 32.0 Å². The molecule has 5 heteroatoms. The molecule has 0 unspecified atom stereocenters. The van der Waals surface area contributed by atoms with Gasteiger partial charge in [0.05, 0.1) is 6.04 Å². The van der Waals surface area contributed by atoms with E-state index in [1.54, 1.807) is 18.2 Å². The van der Waals surface area contributed by atoms with Crippen molar-refractivity contribution < 1.29 is 18.7 Å². The molecule has 1 amide bonds. The Morgan fingerprint density at radius 2 is 1.88 bits per heavy atom. The summed E-state index contributed by atoms with van der Waals surface area (Å²) in [5.41, 5.74) is 1.59. The number of hydrogen-bond donors (Lipinski definition) is 1. The Hall–Kier alpha value is -2.82. The molecule has 4 nitrogen and oxygen atoms in total. The first-order valence-electron chi connectivity index (χ1n) is 8.66. The number of fused-ring (bicyclic) bond motifs is 1. The second kappa shape index (κ2) is 8.04. The SMILES string of the molecule is CC(C)[C@@H](NC(=O)/C=C\c1cccc(F)c1)c1ccc2c(c1)OCCO2. The molecule has 1 atom stereocenters. The second-order valence-corrected chi connectivity index (χ2v) is 6.52. The van der Waals surface area contributed by atoms with Crippen molar-refractivity contribution in [2.75, 3.05) is 13.2 Å². The van der Waals surface area contributed by atoms with E-state index in [1.807, 2.05) is 32.0 Å². The van der Waals surface area contributed by atoms with Crippen LogP contribution in [-0.2, 0) is 4.79 Å². The smallest absolute Gasteiger partial charge is 0.244 e. The van der Waals surface area contributed by atoms with E-state index in [0.717, 1.165) is 11.3 Å². The molecule has 0 saturated carbocycles. The zero-order valence-corrected chi connectivity index (χ0v) is 14.9. The van der Waals surface area contributed by atoms with Crippen LogP contribution in [0, 0.1) is 11.7 Å². The highest BCUT2D eigenvalue weighted by molar-refractivity contribution is 5.92. The quantitative estimate of drug-likeness (QED) is 0.821. The first-order chi connectivity index (χ1) is 12.5. The molecule has 136 valence electrons. The Kier molecular flexibility index (Phi) is 5.56. The Morgan fingerprint density at radius 1 is 1.12 bits per heavy atom. The average Bonchev–Trinajstić information content (AvgIpc) is 2.64. The van der Waals surface area contributed by atoms with Gasteiger partial charge >= 0.3 is 0 Å². The summed E-state index contributed by atoms with van der Waals surface area (Å²) in [7, 11) is 0. The lowest BCUT2D eigenvalue weighted by Crippen LogP contribution is -2.30. The minimum absolute atomic E-state index is 0.171. The van der Waals surface area contributed by atoms with Crippen molar-refractivity contribution in [1.82, 2.24) is 5.32 Å². The molecular formula is C21H22FNO3. The highest BCUT2D eigenvalue weighted by Crippen LogP contribution is 2.34. The summed E-state index contributed by atoms with van der Waals surface area (Å²) >= 11 is 0. The van der Waals surface area contributed by atoms with E-state index in [2.05, 4.69) is 5.32 Å². The van der Waals surface area contributed by atoms with Crippen molar-refractivity contribution in [3.05, 3.63) is 65.5 Å². The summed E-state index contributed by atoms with van der Waals surface area (Å²) < 4.78 is 24.4. The number of amides is 1. The molecule has 1 heterocycles. The third-order valence-corrected chi connectivity index (χ3v) is 4.17. The third-order valence-electron chi connectivity index (χ3n) is 4.17. The maximum Gasteiger partial charge on any atom is 0.244 e. The Labute approximate surface area is 152 Å². The standard InChI is InChI=1S/C21H22FNO3/c1-14(2)21(16-7-8-18-19(13-16)26-11-10-25-18)23-20(24)9-6-15-4-3-5-17(22)12-15/h3-9,12-14,21H,10-11H2,1-2H3,(H,23,24)/b9-6-/t21-/m1/s1. The number of carbonyl (C=O) groups is 1. The van der Waals surface area contributed by atoms with E-state index in [0.29, 0.717) is 24.5 Å². The van der Waals surface area contributed by atoms with Crippen LogP contribution in [0.1, 0.15) is 31.0 Å². The third kappa shape index (κ3) is 4.42. The lowest BCUT2D eigenvalue weighted by atomic mass is 9.95. The van der Waals surface area contributed by atoms with Gasteiger partial charge in [-0.15, -0.1) is 0 Å². The number of benzene rings is 2. The van der Waals surface area contributed by atoms with Crippen molar-refractivity contribution >= 4 is 12.0 Å². The van der Waals surface area contributed by atoms with Gasteiger partial charge in [-0.3, -0.25) is 4.79 Å². The summed E-state index contributed by atoms with van der Waals surface area (Å²) in [6, 6.07) is 11.7. The van der Waals surface area contributed by atoms with Crippen molar-refractivity contribution in [3.8, 4) is 11.5 Å². The van der Waals surface area contributed by atoms with Gasteiger partial charge in [0.2, 0.25) is 5.91 Å². The van der Waals surface area contributed by atoms with Gasteiger partial charge in [-0.25, -0.2) is 4.39 Å². The molecule has 0 bridgehead atoms. The normalized spacial score (nSPS) is 14.5. The molecule has 0 aromatic heterocycles. The number of carbonyl (C=O) groups excluding carboxylic acids is 1. The van der Waals surface area contributed by atoms with Crippen LogP contribution >= 0.6 is 0 Å². The number of hydrogen-bond acceptors (Lipinski definition) is 3. The van der Waals surface area contributed by atoms with Crippen molar-refractivity contribution in [2.45, 2.75) is 19.9 Å². The summed E-state index contributed by atoms with van der Waals surface area (Å²) in [5, 5.41) is 3.01. The zero-order valence-electron chi connectivity index (χ0n) is 14.9. The van der Waals surface area contributed by atoms with Gasteiger partial charge in [-0.2, -0.15) is 0 Å². The predicted molar refractivity (Wildman–Crippen MR) is 98.6 cm³/mol. The van der Waals surface area contributed by atoms with E-state index in [9.17, 15) is 9.18 Å². The number of nitrogens with one attached hydrogen (secondary N) is 1. The van der Waals surface area contributed by atoms with Gasteiger partial charge in [0.15, 0.2) is 11.5 Å². The van der Waals surface area contributed by atoms with Crippen LogP contribution in [0.4, 0.5) is 4.39 Å². The minimum Gasteiger partial charge on any atom is -0.486 e. The Bertz CT molecular complexity index is 817. The van der Waals surface area contributed by atoms with E-state index in [1.165, 1.54) is 18.2 Å². The van der Waals surface area contributed by atoms with Crippen LogP contribution in [0.25, 0.3) is 6.08 Å². The maximum absolute atomic E-state index is 13.2. The van der Waals surface area contributed by atoms with Crippen molar-refractivity contribution in [2.24, 2.45) is 5.92 Å². The van der Waals surface area contributed by atoms with Gasteiger partial charge in [0, 0.05) is 6.08 Å². The molecule has 26 heavy (non-hydrogen) atoms. The van der Waals surface area contributed by atoms with E-state index < -0.39 is 0 Å². The minimum atomic E-state index is -0.330. The predicted octanol–water partition coefficient (Wildman–Crippen LogP) is 4.12. The molecule has 1 aliphatic rings. The van der Waals surface area contributed by atoms with Crippen LogP contribution < -0.4 is 14.8 Å². The maximum atomic E-state index is 13.2. The van der Waals surface area contributed by atoms with Crippen LogP contribution in [0.15, 0.2) is 48.5 Å². The summed E-state index contributed by atoms with van der Waals surface area (Å²) in [5.74, 6) is 1.04. The molecule has 0 aliphatic carbocycles. The summed E-state index contributed by atoms with van der Waals surface area (Å²) in [6.45, 7) is 5.14. The van der Waals surface area contributed by atoms with Crippen molar-refractivity contribution in [3.63, 3.8) is 0 Å². The topological polar surface area (TPSA) is 47.6 Å². The van der Waals surface area contributed by atoms with Crippen LogP contribution in [0.5, 0.6) is 11.5 Å². The van der Waals surface area contributed by atoms with Crippen LogP contribution in [-0.4, -0.2) is 19.1 Å². The van der Waals surface area contributed by atoms with Crippen molar-refractivity contribution in [1.29, 1.82) is 0 Å². The fourth-order valence-corrected chi connectivity index (χ4v) is 2.87. The van der Waals surface area contributed by atoms with E-state index in [4.69, 9.17) is 9.47 Å². The van der Waals surface area contributed by atoms with Gasteiger partial charge in [0.1, 0.15) is 19.0 Å². The van der Waals surface area contributed by atoms with E-state index >= 15 is 0 Å². The summed E-state index contributed by atoms with van der Waals surface area (Å²) in [4.78, 5) is 12.3. The van der Waals surface area contributed by atoms with Gasteiger partial charge in [0.25, 0.3) is 0 Å². The molecule has 1 aliphatic heterocycles. The monoisotopic (exact) mass is 355 g/mol. The first-order valence-corrected chi connectivity index (χ1v) is 8.66. The molecule has 2 aromatic rings. The fraction of sp³-hybridized carbons (Fsp3) is 0.286. The van der Waals surface area contributed by atoms with Crippen LogP contribution in [0.2, 0.25) is 0 Å². The van der Waals surface area contributed by atoms with Gasteiger partial charge < -0.3 is 14.8 Å². The zero-order chi connectivity index (χ0) is 18.5. The highest BCUT2D eigenvalue weighted by Gasteiger charge is 2.20. The Morgan fingerprint density at radius 3 is 2.62 bits per heavy atom. The molecule has 0 saturated heterocycles. The fourth-order valence-electron chi connectivity index (χ4n) is 2.87. The molecule has 1 N–H and O–H groups in total. The molecular weight excluding hydrogens is 333 g/mol. The lowest BCUT2D eigenvalue weighted by Gasteiger charge is -2.25. The molecule has 0 spiro atoms. The molecule has 2 aromatic carbocycles. The average molecular weight is 355 g/mol. The molecule has 0 radical (unpaired) electrons. The van der Waals surface area contributed by atoms with Crippen LogP contribution in [0.3, 0.4) is 0 Å². The van der Waals surface area contributed by atoms with E-state index in [-0.39, 0.29) is 23.7 Å². The highest BCUT2D eigenvalue weighted by atomic mass is 19.1. The second-order valence-electron chi connectivity index (χ2n) is 6.52. The number of ether oxygens (including phenoxy) is 2. The first kappa shape index (κ1) is 18.0.